The third-order valence-corrected chi connectivity index (χ3v) is 6.25. The highest BCUT2D eigenvalue weighted by Gasteiger charge is 2.40. The minimum Gasteiger partial charge on any atom is -0.381 e. The molecule has 0 aromatic heterocycles. The molecular formula is C29H35FN4O4. The molecule has 9 heteroatoms. The van der Waals surface area contributed by atoms with Crippen molar-refractivity contribution in [2.24, 2.45) is 0 Å². The summed E-state index contributed by atoms with van der Waals surface area (Å²) in [6.45, 7) is -5.63. The molecule has 0 aliphatic carbocycles. The predicted molar refractivity (Wildman–Crippen MR) is 141 cm³/mol. The summed E-state index contributed by atoms with van der Waals surface area (Å²) < 4.78 is 112. The van der Waals surface area contributed by atoms with Gasteiger partial charge in [0.15, 0.2) is 0 Å². The topological polar surface area (TPSA) is 91.0 Å². The minimum atomic E-state index is -3.12. The first kappa shape index (κ1) is 16.0. The number of hydrogen-bond donors (Lipinski definition) is 2. The average Bonchev–Trinajstić information content (AvgIpc) is 3.29. The number of anilines is 1. The van der Waals surface area contributed by atoms with E-state index in [9.17, 15) is 14.4 Å². The van der Waals surface area contributed by atoms with Crippen LogP contribution in [-0.2, 0) is 34.0 Å². The van der Waals surface area contributed by atoms with E-state index >= 15 is 4.39 Å². The van der Waals surface area contributed by atoms with Crippen molar-refractivity contribution in [1.29, 1.82) is 0 Å². The monoisotopic (exact) mass is 533 g/mol. The Labute approximate surface area is 238 Å². The number of carbonyl (C=O) groups is 3. The molecule has 0 radical (unpaired) electrons. The Bertz CT molecular complexity index is 1740. The van der Waals surface area contributed by atoms with Crippen LogP contribution in [0.1, 0.15) is 82.5 Å². The van der Waals surface area contributed by atoms with Crippen LogP contribution in [0.2, 0.25) is 0 Å². The van der Waals surface area contributed by atoms with Gasteiger partial charge in [0, 0.05) is 76.5 Å². The van der Waals surface area contributed by atoms with Crippen LogP contribution in [-0.4, -0.2) is 57.8 Å². The van der Waals surface area contributed by atoms with Gasteiger partial charge in [0.05, 0.1) is 11.2 Å². The molecule has 2 aromatic rings. The lowest BCUT2D eigenvalue weighted by molar-refractivity contribution is -0.182. The molecule has 2 aromatic carbocycles. The molecule has 2 unspecified atom stereocenters. The van der Waals surface area contributed by atoms with E-state index in [1.54, 1.807) is 11.4 Å². The van der Waals surface area contributed by atoms with Gasteiger partial charge in [-0.2, -0.15) is 0 Å². The smallest absolute Gasteiger partial charge is 0.255 e. The molecule has 5 rings (SSSR count). The van der Waals surface area contributed by atoms with Crippen molar-refractivity contribution in [2.75, 3.05) is 18.3 Å². The normalized spacial score (nSPS) is 35.3. The van der Waals surface area contributed by atoms with Crippen LogP contribution >= 0.6 is 0 Å². The molecule has 3 aliphatic heterocycles. The summed E-state index contributed by atoms with van der Waals surface area (Å²) >= 11 is 0. The standard InChI is InChI=1S/C29H35FN4O4/c1-28(2)16-33(17-29(3,4)38-28)14-18-8-9-22(30)19(12-18)13-31-23-7-5-6-20-21(23)15-34(27(20)37)24-10-11-25(35)32-26(24)36/h5-9,12,24,31H,10-11,13-17H2,1-4H3,(H,32,35,36)/i1D3,10D2,11D2,16D2,17D2. The molecule has 0 saturated carbocycles. The molecule has 0 bridgehead atoms. The van der Waals surface area contributed by atoms with Crippen molar-refractivity contribution >= 4 is 23.4 Å². The second-order valence-corrected chi connectivity index (χ2v) is 9.99. The van der Waals surface area contributed by atoms with Gasteiger partial charge in [0.1, 0.15) is 11.9 Å². The first-order valence-corrected chi connectivity index (χ1v) is 12.0. The van der Waals surface area contributed by atoms with E-state index in [0.29, 0.717) is 11.3 Å². The number of imide groups is 1. The molecule has 2 N–H and O–H groups in total. The van der Waals surface area contributed by atoms with Gasteiger partial charge in [-0.1, -0.05) is 12.1 Å². The van der Waals surface area contributed by atoms with E-state index in [1.165, 1.54) is 38.1 Å². The fraction of sp³-hybridized carbons (Fsp3) is 0.483. The molecule has 202 valence electrons. The van der Waals surface area contributed by atoms with Crippen LogP contribution < -0.4 is 10.6 Å². The first-order chi connectivity index (χ1) is 22.2. The quantitative estimate of drug-likeness (QED) is 0.552. The van der Waals surface area contributed by atoms with Crippen molar-refractivity contribution in [2.45, 2.75) is 77.2 Å². The zero-order valence-electron chi connectivity index (χ0n) is 32.1. The summed E-state index contributed by atoms with van der Waals surface area (Å²) in [5, 5.41) is 4.81. The van der Waals surface area contributed by atoms with Crippen LogP contribution in [0, 0.1) is 5.82 Å². The van der Waals surface area contributed by atoms with Crippen molar-refractivity contribution < 1.29 is 38.6 Å². The van der Waals surface area contributed by atoms with Gasteiger partial charge in [-0.05, 0) is 63.8 Å². The SMILES string of the molecule is [2H]C([2H])([2H])C1(C)OC(C)(C)C([2H])([2H])N(Cc2ccc(F)c(CNc3cccc4c3CN(C3C(=O)NC(=O)C([2H])([2H])C3([2H])[2H])C4=O)c2)C1([2H])[2H]. The van der Waals surface area contributed by atoms with Crippen molar-refractivity contribution in [3.05, 3.63) is 64.5 Å². The maximum absolute atomic E-state index is 15.1. The molecule has 2 fully saturated rings. The summed E-state index contributed by atoms with van der Waals surface area (Å²) in [4.78, 5) is 39.7. The molecule has 8 nitrogen and oxygen atoms in total. The maximum atomic E-state index is 15.1. The van der Waals surface area contributed by atoms with E-state index in [-0.39, 0.29) is 29.8 Å². The van der Waals surface area contributed by atoms with E-state index in [2.05, 4.69) is 5.32 Å². The number of ether oxygens (including phenoxy) is 1. The summed E-state index contributed by atoms with van der Waals surface area (Å²) in [7, 11) is 0. The lowest BCUT2D eigenvalue weighted by Gasteiger charge is -2.47. The Balaban J connectivity index is 1.41. The molecule has 0 spiro atoms. The second kappa shape index (κ2) is 9.78. The van der Waals surface area contributed by atoms with Gasteiger partial charge in [0.2, 0.25) is 11.8 Å². The van der Waals surface area contributed by atoms with Crippen molar-refractivity contribution in [1.82, 2.24) is 15.1 Å². The highest BCUT2D eigenvalue weighted by Crippen LogP contribution is 2.33. The summed E-state index contributed by atoms with van der Waals surface area (Å²) in [6, 6.07) is 6.31. The van der Waals surface area contributed by atoms with E-state index in [1.807, 2.05) is 0 Å². The van der Waals surface area contributed by atoms with Gasteiger partial charge >= 0.3 is 0 Å². The summed E-state index contributed by atoms with van der Waals surface area (Å²) in [5.74, 6) is -4.08. The highest BCUT2D eigenvalue weighted by molar-refractivity contribution is 6.06. The number of benzene rings is 2. The summed E-state index contributed by atoms with van der Waals surface area (Å²) in [6.07, 6.45) is -6.19. The molecular weight excluding hydrogens is 487 g/mol. The van der Waals surface area contributed by atoms with Crippen LogP contribution in [0.5, 0.6) is 0 Å². The molecule has 3 amide bonds. The molecule has 38 heavy (non-hydrogen) atoms. The van der Waals surface area contributed by atoms with Gasteiger partial charge < -0.3 is 15.0 Å². The Hall–Kier alpha value is -3.30. The lowest BCUT2D eigenvalue weighted by Crippen LogP contribution is -2.56. The average molecular weight is 534 g/mol. The summed E-state index contributed by atoms with van der Waals surface area (Å²) in [5.41, 5.74) is -3.20. The number of amides is 3. The Kier molecular flexibility index (Phi) is 4.11. The van der Waals surface area contributed by atoms with Gasteiger partial charge in [-0.25, -0.2) is 4.39 Å². The van der Waals surface area contributed by atoms with E-state index in [0.717, 1.165) is 22.8 Å². The van der Waals surface area contributed by atoms with Crippen LogP contribution in [0.4, 0.5) is 10.1 Å². The number of fused-ring (bicyclic) bond motifs is 1. The minimum absolute atomic E-state index is 0.0539. The molecule has 3 aliphatic rings. The Morgan fingerprint density at radius 1 is 1.18 bits per heavy atom. The van der Waals surface area contributed by atoms with Crippen LogP contribution in [0.25, 0.3) is 0 Å². The predicted octanol–water partition coefficient (Wildman–Crippen LogP) is 3.59. The number of halogens is 1. The number of carbonyl (C=O) groups excluding carboxylic acids is 3. The zero-order chi connectivity index (χ0) is 36.9. The number of hydrogen-bond acceptors (Lipinski definition) is 6. The lowest BCUT2D eigenvalue weighted by atomic mass is 9.98. The Morgan fingerprint density at radius 2 is 1.97 bits per heavy atom. The first-order valence-electron chi connectivity index (χ1n) is 17.5. The number of morpholine rings is 1. The number of nitrogens with one attached hydrogen (secondary N) is 2. The maximum Gasteiger partial charge on any atom is 0.255 e. The molecule has 3 heterocycles. The van der Waals surface area contributed by atoms with E-state index in [4.69, 9.17) is 19.8 Å². The Morgan fingerprint density at radius 3 is 2.76 bits per heavy atom. The highest BCUT2D eigenvalue weighted by atomic mass is 19.1. The largest absolute Gasteiger partial charge is 0.381 e. The molecule has 2 saturated heterocycles. The van der Waals surface area contributed by atoms with Gasteiger partial charge in [-0.3, -0.25) is 24.6 Å². The number of rotatable bonds is 6. The van der Waals surface area contributed by atoms with Crippen LogP contribution in [0.15, 0.2) is 36.4 Å². The molecule has 2 atom stereocenters. The third kappa shape index (κ3) is 5.44. The second-order valence-electron chi connectivity index (χ2n) is 9.99. The van der Waals surface area contributed by atoms with E-state index < -0.39 is 79.9 Å². The number of piperidine rings is 1. The van der Waals surface area contributed by atoms with Crippen molar-refractivity contribution in [3.8, 4) is 0 Å². The zero-order valence-corrected chi connectivity index (χ0v) is 21.1. The van der Waals surface area contributed by atoms with Crippen LogP contribution in [0.3, 0.4) is 0 Å². The van der Waals surface area contributed by atoms with Gasteiger partial charge in [-0.15, -0.1) is 0 Å². The number of nitrogens with zero attached hydrogens (tertiary/aromatic N) is 2. The van der Waals surface area contributed by atoms with Crippen molar-refractivity contribution in [3.63, 3.8) is 0 Å². The fourth-order valence-corrected chi connectivity index (χ4v) is 4.84. The van der Waals surface area contributed by atoms with Gasteiger partial charge in [0.25, 0.3) is 5.91 Å². The fourth-order valence-electron chi connectivity index (χ4n) is 4.84. The third-order valence-electron chi connectivity index (χ3n) is 6.25.